The Labute approximate surface area is 126 Å². The van der Waals surface area contributed by atoms with Crippen LogP contribution in [0.4, 0.5) is 0 Å². The molecule has 110 valence electrons. The number of carbonyl (C=O) groups is 1. The lowest BCUT2D eigenvalue weighted by molar-refractivity contribution is -0.133. The molecule has 1 amide bonds. The van der Waals surface area contributed by atoms with E-state index in [4.69, 9.17) is 11.6 Å². The van der Waals surface area contributed by atoms with Gasteiger partial charge in [0, 0.05) is 31.1 Å². The third kappa shape index (κ3) is 4.83. The Morgan fingerprint density at radius 2 is 2.00 bits per heavy atom. The maximum Gasteiger partial charge on any atom is 0.222 e. The second kappa shape index (κ2) is 8.38. The molecule has 3 nitrogen and oxygen atoms in total. The zero-order valence-electron chi connectivity index (χ0n) is 11.7. The van der Waals surface area contributed by atoms with Crippen LogP contribution in [0.25, 0.3) is 0 Å². The lowest BCUT2D eigenvalue weighted by atomic mass is 10.2. The fourth-order valence-electron chi connectivity index (χ4n) is 2.93. The molecule has 0 aromatic heterocycles. The van der Waals surface area contributed by atoms with Gasteiger partial charge in [0.1, 0.15) is 0 Å². The zero-order valence-corrected chi connectivity index (χ0v) is 13.2. The highest BCUT2D eigenvalue weighted by Gasteiger charge is 2.27. The summed E-state index contributed by atoms with van der Waals surface area (Å²) in [5.41, 5.74) is 0. The van der Waals surface area contributed by atoms with E-state index in [-0.39, 0.29) is 0 Å². The third-order valence-corrected chi connectivity index (χ3v) is 5.42. The zero-order chi connectivity index (χ0) is 13.5. The van der Waals surface area contributed by atoms with Gasteiger partial charge in [-0.2, -0.15) is 11.8 Å². The van der Waals surface area contributed by atoms with Crippen LogP contribution in [0, 0.1) is 0 Å². The first-order valence-electron chi connectivity index (χ1n) is 7.47. The molecule has 2 saturated heterocycles. The van der Waals surface area contributed by atoms with E-state index in [1.165, 1.54) is 31.7 Å². The largest absolute Gasteiger partial charge is 0.338 e. The first-order valence-corrected chi connectivity index (χ1v) is 9.15. The number of likely N-dealkylation sites (tertiary alicyclic amines) is 1. The predicted octanol–water partition coefficient (Wildman–Crippen LogP) is 2.44. The van der Waals surface area contributed by atoms with E-state index >= 15 is 0 Å². The van der Waals surface area contributed by atoms with Gasteiger partial charge >= 0.3 is 0 Å². The number of thioether (sulfide) groups is 1. The Morgan fingerprint density at radius 3 is 2.74 bits per heavy atom. The van der Waals surface area contributed by atoms with Crippen molar-refractivity contribution in [3.8, 4) is 0 Å². The van der Waals surface area contributed by atoms with Crippen molar-refractivity contribution in [3.05, 3.63) is 0 Å². The summed E-state index contributed by atoms with van der Waals surface area (Å²) in [7, 11) is 0. The summed E-state index contributed by atoms with van der Waals surface area (Å²) in [6, 6.07) is 0.411. The number of amides is 1. The van der Waals surface area contributed by atoms with E-state index in [0.717, 1.165) is 31.7 Å². The number of carbonyl (C=O) groups excluding carboxylic acids is 1. The molecule has 0 aromatic carbocycles. The smallest absolute Gasteiger partial charge is 0.222 e. The Morgan fingerprint density at radius 1 is 1.21 bits per heavy atom. The Bertz CT molecular complexity index is 285. The average molecular weight is 305 g/mol. The lowest BCUT2D eigenvalue weighted by Crippen LogP contribution is -2.47. The van der Waals surface area contributed by atoms with Gasteiger partial charge < -0.3 is 9.80 Å². The molecule has 2 heterocycles. The van der Waals surface area contributed by atoms with Gasteiger partial charge in [0.15, 0.2) is 0 Å². The summed E-state index contributed by atoms with van der Waals surface area (Å²) in [5, 5.41) is 0. The maximum atomic E-state index is 12.3. The van der Waals surface area contributed by atoms with Crippen molar-refractivity contribution in [1.29, 1.82) is 0 Å². The average Bonchev–Trinajstić information content (AvgIpc) is 2.81. The van der Waals surface area contributed by atoms with Crippen molar-refractivity contribution in [2.24, 2.45) is 0 Å². The van der Waals surface area contributed by atoms with Gasteiger partial charge in [-0.1, -0.05) is 0 Å². The summed E-state index contributed by atoms with van der Waals surface area (Å²) in [4.78, 5) is 17.0. The minimum Gasteiger partial charge on any atom is -0.338 e. The molecule has 1 unspecified atom stereocenters. The van der Waals surface area contributed by atoms with Crippen LogP contribution < -0.4 is 0 Å². The van der Waals surface area contributed by atoms with Crippen LogP contribution in [0.2, 0.25) is 0 Å². The van der Waals surface area contributed by atoms with Crippen LogP contribution in [0.1, 0.15) is 32.1 Å². The molecule has 0 N–H and O–H groups in total. The van der Waals surface area contributed by atoms with Gasteiger partial charge in [0.05, 0.1) is 6.04 Å². The molecule has 0 aliphatic carbocycles. The van der Waals surface area contributed by atoms with E-state index in [1.807, 2.05) is 11.8 Å². The van der Waals surface area contributed by atoms with Crippen molar-refractivity contribution < 1.29 is 4.79 Å². The van der Waals surface area contributed by atoms with E-state index in [0.29, 0.717) is 24.2 Å². The first kappa shape index (κ1) is 15.5. The van der Waals surface area contributed by atoms with Gasteiger partial charge in [-0.25, -0.2) is 0 Å². The molecule has 2 fully saturated rings. The molecule has 1 atom stereocenters. The second-order valence-electron chi connectivity index (χ2n) is 5.47. The molecule has 0 saturated carbocycles. The van der Waals surface area contributed by atoms with E-state index in [9.17, 15) is 4.79 Å². The van der Waals surface area contributed by atoms with Gasteiger partial charge in [-0.3, -0.25) is 4.79 Å². The molecule has 5 heteroatoms. The third-order valence-electron chi connectivity index (χ3n) is 3.95. The van der Waals surface area contributed by atoms with Crippen LogP contribution >= 0.6 is 23.4 Å². The predicted molar refractivity (Wildman–Crippen MR) is 83.1 cm³/mol. The summed E-state index contributed by atoms with van der Waals surface area (Å²) in [5.74, 6) is 3.19. The van der Waals surface area contributed by atoms with Crippen molar-refractivity contribution in [1.82, 2.24) is 9.80 Å². The maximum absolute atomic E-state index is 12.3. The van der Waals surface area contributed by atoms with Crippen molar-refractivity contribution in [3.63, 3.8) is 0 Å². The molecule has 0 radical (unpaired) electrons. The highest BCUT2D eigenvalue weighted by molar-refractivity contribution is 7.99. The molecule has 0 spiro atoms. The van der Waals surface area contributed by atoms with Gasteiger partial charge in [0.2, 0.25) is 5.91 Å². The SMILES string of the molecule is O=C(CCCCl)N1CCCSCC1CN1CCCC1. The Kier molecular flexibility index (Phi) is 6.82. The number of rotatable bonds is 5. The van der Waals surface area contributed by atoms with Crippen LogP contribution in [-0.2, 0) is 4.79 Å². The number of halogens is 1. The topological polar surface area (TPSA) is 23.6 Å². The van der Waals surface area contributed by atoms with Crippen molar-refractivity contribution in [2.75, 3.05) is 43.6 Å². The van der Waals surface area contributed by atoms with E-state index in [1.54, 1.807) is 0 Å². The minimum absolute atomic E-state index is 0.312. The molecule has 19 heavy (non-hydrogen) atoms. The fourth-order valence-corrected chi connectivity index (χ4v) is 4.12. The van der Waals surface area contributed by atoms with E-state index < -0.39 is 0 Å². The summed E-state index contributed by atoms with van der Waals surface area (Å²) in [6.45, 7) is 4.43. The van der Waals surface area contributed by atoms with Crippen LogP contribution in [0.3, 0.4) is 0 Å². The number of hydrogen-bond donors (Lipinski definition) is 0. The normalized spacial score (nSPS) is 25.5. The molecular formula is C14H25ClN2OS. The summed E-state index contributed by atoms with van der Waals surface area (Å²) < 4.78 is 0. The highest BCUT2D eigenvalue weighted by Crippen LogP contribution is 2.20. The number of hydrogen-bond acceptors (Lipinski definition) is 3. The van der Waals surface area contributed by atoms with Crippen LogP contribution in [0.15, 0.2) is 0 Å². The summed E-state index contributed by atoms with van der Waals surface area (Å²) >= 11 is 7.71. The molecule has 2 aliphatic rings. The second-order valence-corrected chi connectivity index (χ2v) is 7.00. The van der Waals surface area contributed by atoms with Crippen LogP contribution in [0.5, 0.6) is 0 Å². The molecule has 2 aliphatic heterocycles. The number of alkyl halides is 1. The standard InChI is InChI=1S/C14H25ClN2OS/c15-6-3-5-14(18)17-9-4-10-19-12-13(17)11-16-7-1-2-8-16/h13H,1-12H2. The quantitative estimate of drug-likeness (QED) is 0.729. The number of nitrogens with zero attached hydrogens (tertiary/aromatic N) is 2. The first-order chi connectivity index (χ1) is 9.31. The minimum atomic E-state index is 0.312. The summed E-state index contributed by atoms with van der Waals surface area (Å²) in [6.07, 6.45) is 5.19. The molecule has 0 aromatic rings. The molecular weight excluding hydrogens is 280 g/mol. The van der Waals surface area contributed by atoms with Crippen molar-refractivity contribution >= 4 is 29.3 Å². The Hall–Kier alpha value is 0.0700. The van der Waals surface area contributed by atoms with Crippen LogP contribution in [-0.4, -0.2) is 65.3 Å². The molecule has 2 rings (SSSR count). The monoisotopic (exact) mass is 304 g/mol. The van der Waals surface area contributed by atoms with Gasteiger partial charge in [0.25, 0.3) is 0 Å². The fraction of sp³-hybridized carbons (Fsp3) is 0.929. The molecule has 0 bridgehead atoms. The highest BCUT2D eigenvalue weighted by atomic mass is 35.5. The van der Waals surface area contributed by atoms with Crippen molar-refractivity contribution in [2.45, 2.75) is 38.1 Å². The van der Waals surface area contributed by atoms with Gasteiger partial charge in [-0.05, 0) is 44.5 Å². The lowest BCUT2D eigenvalue weighted by Gasteiger charge is -2.32. The van der Waals surface area contributed by atoms with Gasteiger partial charge in [-0.15, -0.1) is 11.6 Å². The Balaban J connectivity index is 1.91. The van der Waals surface area contributed by atoms with E-state index in [2.05, 4.69) is 9.80 Å².